The molecule has 1 aliphatic heterocycles. The largest absolute Gasteiger partial charge is 0.352 e. The van der Waals surface area contributed by atoms with E-state index in [1.54, 1.807) is 0 Å². The van der Waals surface area contributed by atoms with Crippen molar-refractivity contribution in [3.8, 4) is 0 Å². The molecule has 24 heavy (non-hydrogen) atoms. The average molecular weight is 354 g/mol. The van der Waals surface area contributed by atoms with Crippen LogP contribution in [0.2, 0.25) is 0 Å². The van der Waals surface area contributed by atoms with Crippen LogP contribution in [0.3, 0.4) is 0 Å². The van der Waals surface area contributed by atoms with Crippen LogP contribution in [-0.4, -0.2) is 36.0 Å². The summed E-state index contributed by atoms with van der Waals surface area (Å²) in [5.74, 6) is 0.238. The number of benzene rings is 1. The van der Waals surface area contributed by atoms with E-state index < -0.39 is 0 Å². The smallest absolute Gasteiger partial charge is 0.237 e. The van der Waals surface area contributed by atoms with E-state index in [1.807, 2.05) is 6.92 Å². The second kappa shape index (κ2) is 10.0. The van der Waals surface area contributed by atoms with Crippen LogP contribution >= 0.6 is 12.4 Å². The van der Waals surface area contributed by atoms with Gasteiger partial charge in [0.25, 0.3) is 0 Å². The molecule has 1 aromatic rings. The molecule has 3 N–H and O–H groups in total. The van der Waals surface area contributed by atoms with Crippen molar-refractivity contribution >= 4 is 18.3 Å². The second-order valence-corrected chi connectivity index (χ2v) is 6.82. The summed E-state index contributed by atoms with van der Waals surface area (Å²) in [6.07, 6.45) is 2.92. The second-order valence-electron chi connectivity index (χ2n) is 6.82. The Labute approximate surface area is 152 Å². The summed E-state index contributed by atoms with van der Waals surface area (Å²) in [6, 6.07) is 10.9. The molecule has 0 aliphatic carbocycles. The number of hydrogen-bond acceptors (Lipinski definition) is 3. The molecule has 0 bridgehead atoms. The maximum absolute atomic E-state index is 12.2. The Morgan fingerprint density at radius 3 is 2.38 bits per heavy atom. The van der Waals surface area contributed by atoms with E-state index in [-0.39, 0.29) is 36.3 Å². The lowest BCUT2D eigenvalue weighted by atomic mass is 9.97. The number of nitrogens with one attached hydrogen (secondary N) is 1. The number of carbonyl (C=O) groups excluding carboxylic acids is 1. The average Bonchev–Trinajstić information content (AvgIpc) is 2.61. The van der Waals surface area contributed by atoms with E-state index in [1.165, 1.54) is 5.56 Å². The quantitative estimate of drug-likeness (QED) is 0.826. The molecule has 1 fully saturated rings. The fourth-order valence-corrected chi connectivity index (χ4v) is 3.18. The van der Waals surface area contributed by atoms with Crippen molar-refractivity contribution in [3.05, 3.63) is 35.9 Å². The molecule has 3 unspecified atom stereocenters. The monoisotopic (exact) mass is 353 g/mol. The van der Waals surface area contributed by atoms with E-state index in [2.05, 4.69) is 54.4 Å². The third kappa shape index (κ3) is 5.47. The highest BCUT2D eigenvalue weighted by Crippen LogP contribution is 2.24. The van der Waals surface area contributed by atoms with Crippen molar-refractivity contribution in [2.75, 3.05) is 13.1 Å². The Morgan fingerprint density at radius 2 is 1.83 bits per heavy atom. The molecule has 0 aromatic heterocycles. The van der Waals surface area contributed by atoms with Gasteiger partial charge in [0, 0.05) is 25.2 Å². The summed E-state index contributed by atoms with van der Waals surface area (Å²) in [7, 11) is 0. The number of rotatable bonds is 6. The first-order valence-electron chi connectivity index (χ1n) is 8.87. The number of hydrogen-bond donors (Lipinski definition) is 2. The first-order valence-corrected chi connectivity index (χ1v) is 8.87. The zero-order valence-electron chi connectivity index (χ0n) is 15.1. The van der Waals surface area contributed by atoms with Crippen LogP contribution in [0, 0.1) is 5.92 Å². The Morgan fingerprint density at radius 1 is 1.25 bits per heavy atom. The SMILES string of the molecule is CCC(C)C(N)C(=O)NC1CCN(C(C)c2ccccc2)CC1.Cl. The lowest BCUT2D eigenvalue weighted by Crippen LogP contribution is -2.51. The van der Waals surface area contributed by atoms with Gasteiger partial charge in [-0.3, -0.25) is 9.69 Å². The van der Waals surface area contributed by atoms with Crippen LogP contribution in [0.5, 0.6) is 0 Å². The normalized spacial score (nSPS) is 19.8. The molecule has 1 aromatic carbocycles. The van der Waals surface area contributed by atoms with E-state index in [4.69, 9.17) is 5.73 Å². The Kier molecular flexibility index (Phi) is 8.74. The minimum atomic E-state index is -0.388. The summed E-state index contributed by atoms with van der Waals surface area (Å²) in [4.78, 5) is 14.7. The van der Waals surface area contributed by atoms with Crippen molar-refractivity contribution in [3.63, 3.8) is 0 Å². The molecule has 2 rings (SSSR count). The van der Waals surface area contributed by atoms with Gasteiger partial charge in [-0.25, -0.2) is 0 Å². The highest BCUT2D eigenvalue weighted by atomic mass is 35.5. The third-order valence-corrected chi connectivity index (χ3v) is 5.27. The zero-order valence-corrected chi connectivity index (χ0v) is 15.9. The number of piperidine rings is 1. The van der Waals surface area contributed by atoms with Crippen LogP contribution in [0.1, 0.15) is 51.6 Å². The molecule has 5 heteroatoms. The van der Waals surface area contributed by atoms with Gasteiger partial charge in [-0.1, -0.05) is 50.6 Å². The fraction of sp³-hybridized carbons (Fsp3) is 0.632. The third-order valence-electron chi connectivity index (χ3n) is 5.27. The van der Waals surface area contributed by atoms with Gasteiger partial charge in [-0.05, 0) is 31.2 Å². The zero-order chi connectivity index (χ0) is 16.8. The molecule has 1 amide bonds. The Bertz CT molecular complexity index is 489. The number of amides is 1. The molecule has 3 atom stereocenters. The molecule has 1 saturated heterocycles. The first kappa shape index (κ1) is 20.9. The minimum absolute atomic E-state index is 0. The molecule has 136 valence electrons. The number of likely N-dealkylation sites (tertiary alicyclic amines) is 1. The minimum Gasteiger partial charge on any atom is -0.352 e. The molecular weight excluding hydrogens is 322 g/mol. The highest BCUT2D eigenvalue weighted by Gasteiger charge is 2.27. The number of halogens is 1. The van der Waals surface area contributed by atoms with Crippen LogP contribution < -0.4 is 11.1 Å². The van der Waals surface area contributed by atoms with Gasteiger partial charge < -0.3 is 11.1 Å². The molecule has 0 saturated carbocycles. The summed E-state index contributed by atoms with van der Waals surface area (Å²) in [5, 5.41) is 3.14. The van der Waals surface area contributed by atoms with Gasteiger partial charge in [0.2, 0.25) is 5.91 Å². The van der Waals surface area contributed by atoms with Gasteiger partial charge in [0.05, 0.1) is 6.04 Å². The molecule has 0 spiro atoms. The number of nitrogens with zero attached hydrogens (tertiary/aromatic N) is 1. The van der Waals surface area contributed by atoms with Gasteiger partial charge in [0.15, 0.2) is 0 Å². The number of nitrogens with two attached hydrogens (primary N) is 1. The van der Waals surface area contributed by atoms with Gasteiger partial charge in [-0.15, -0.1) is 12.4 Å². The Balaban J connectivity index is 0.00000288. The van der Waals surface area contributed by atoms with Crippen molar-refractivity contribution in [1.29, 1.82) is 0 Å². The predicted molar refractivity (Wildman–Crippen MR) is 102 cm³/mol. The molecule has 1 aliphatic rings. The van der Waals surface area contributed by atoms with Crippen LogP contribution in [-0.2, 0) is 4.79 Å². The lowest BCUT2D eigenvalue weighted by Gasteiger charge is -2.37. The van der Waals surface area contributed by atoms with E-state index in [0.717, 1.165) is 32.4 Å². The van der Waals surface area contributed by atoms with Gasteiger partial charge >= 0.3 is 0 Å². The van der Waals surface area contributed by atoms with Gasteiger partial charge in [0.1, 0.15) is 0 Å². The van der Waals surface area contributed by atoms with E-state index in [0.29, 0.717) is 6.04 Å². The van der Waals surface area contributed by atoms with Crippen molar-refractivity contribution < 1.29 is 4.79 Å². The van der Waals surface area contributed by atoms with Crippen molar-refractivity contribution in [2.45, 2.75) is 58.2 Å². The summed E-state index contributed by atoms with van der Waals surface area (Å²) >= 11 is 0. The van der Waals surface area contributed by atoms with E-state index >= 15 is 0 Å². The lowest BCUT2D eigenvalue weighted by molar-refractivity contribution is -0.124. The summed E-state index contributed by atoms with van der Waals surface area (Å²) in [5.41, 5.74) is 7.37. The van der Waals surface area contributed by atoms with Gasteiger partial charge in [-0.2, -0.15) is 0 Å². The predicted octanol–water partition coefficient (Wildman–Crippen LogP) is 3.12. The van der Waals surface area contributed by atoms with Crippen LogP contribution in [0.15, 0.2) is 30.3 Å². The van der Waals surface area contributed by atoms with Crippen LogP contribution in [0.4, 0.5) is 0 Å². The maximum Gasteiger partial charge on any atom is 0.237 e. The Hall–Kier alpha value is -1.10. The number of carbonyl (C=O) groups is 1. The van der Waals surface area contributed by atoms with Crippen molar-refractivity contribution in [2.24, 2.45) is 11.7 Å². The van der Waals surface area contributed by atoms with Crippen LogP contribution in [0.25, 0.3) is 0 Å². The molecule has 1 heterocycles. The van der Waals surface area contributed by atoms with Crippen molar-refractivity contribution in [1.82, 2.24) is 10.2 Å². The fourth-order valence-electron chi connectivity index (χ4n) is 3.18. The standard InChI is InChI=1S/C19H31N3O.ClH/c1-4-14(2)18(20)19(23)21-17-10-12-22(13-11-17)15(3)16-8-6-5-7-9-16;/h5-9,14-15,17-18H,4,10-13,20H2,1-3H3,(H,21,23);1H. The molecule has 0 radical (unpaired) electrons. The first-order chi connectivity index (χ1) is 11.0. The van der Waals surface area contributed by atoms with E-state index in [9.17, 15) is 4.79 Å². The summed E-state index contributed by atoms with van der Waals surface area (Å²) in [6.45, 7) is 8.39. The highest BCUT2D eigenvalue weighted by molar-refractivity contribution is 5.85. The molecule has 4 nitrogen and oxygen atoms in total. The topological polar surface area (TPSA) is 58.4 Å². The molecular formula is C19H32ClN3O. The summed E-state index contributed by atoms with van der Waals surface area (Å²) < 4.78 is 0. The maximum atomic E-state index is 12.2.